The van der Waals surface area contributed by atoms with Gasteiger partial charge in [0.2, 0.25) is 0 Å². The van der Waals surface area contributed by atoms with Crippen LogP contribution < -0.4 is 5.32 Å². The zero-order valence-electron chi connectivity index (χ0n) is 17.4. The first-order chi connectivity index (χ1) is 16.1. The van der Waals surface area contributed by atoms with Crippen LogP contribution in [0.1, 0.15) is 27.0 Å². The van der Waals surface area contributed by atoms with Crippen molar-refractivity contribution in [2.24, 2.45) is 4.99 Å². The predicted octanol–water partition coefficient (Wildman–Crippen LogP) is 7.56. The van der Waals surface area contributed by atoms with Gasteiger partial charge in [-0.2, -0.15) is 0 Å². The summed E-state index contributed by atoms with van der Waals surface area (Å²) in [6.45, 7) is 0.397. The maximum Gasteiger partial charge on any atom is 0.251 e. The lowest BCUT2D eigenvalue weighted by Gasteiger charge is -2.09. The number of halogens is 2. The monoisotopic (exact) mass is 488 g/mol. The number of carbonyl (C=O) groups is 1. The van der Waals surface area contributed by atoms with E-state index in [9.17, 15) is 4.79 Å². The molecule has 0 bridgehead atoms. The lowest BCUT2D eigenvalue weighted by Crippen LogP contribution is -2.22. The van der Waals surface area contributed by atoms with Crippen molar-refractivity contribution in [2.75, 3.05) is 0 Å². The van der Waals surface area contributed by atoms with Crippen LogP contribution in [-0.2, 0) is 6.54 Å². The highest BCUT2D eigenvalue weighted by Crippen LogP contribution is 2.41. The van der Waals surface area contributed by atoms with E-state index in [0.29, 0.717) is 22.2 Å². The summed E-state index contributed by atoms with van der Waals surface area (Å²) in [4.78, 5) is 20.0. The van der Waals surface area contributed by atoms with Crippen LogP contribution in [0.4, 0.5) is 5.69 Å². The summed E-state index contributed by atoms with van der Waals surface area (Å²) in [5, 5.41) is 4.26. The average Bonchev–Trinajstić information content (AvgIpc) is 2.99. The number of hydrogen-bond acceptors (Lipinski definition) is 3. The Morgan fingerprint density at radius 2 is 1.61 bits per heavy atom. The number of aliphatic imine (C=N–C) groups is 1. The molecular weight excluding hydrogens is 471 g/mol. The fourth-order valence-electron chi connectivity index (χ4n) is 3.67. The molecule has 5 rings (SSSR count). The molecule has 1 N–H and O–H groups in total. The molecule has 1 heterocycles. The van der Waals surface area contributed by atoms with Crippen molar-refractivity contribution in [3.63, 3.8) is 0 Å². The molecule has 0 aromatic heterocycles. The molecule has 1 aliphatic heterocycles. The van der Waals surface area contributed by atoms with Crippen molar-refractivity contribution in [1.29, 1.82) is 0 Å². The maximum absolute atomic E-state index is 12.9. The quantitative estimate of drug-likeness (QED) is 0.283. The van der Waals surface area contributed by atoms with Gasteiger partial charge in [-0.05, 0) is 54.1 Å². The highest BCUT2D eigenvalue weighted by molar-refractivity contribution is 7.99. The van der Waals surface area contributed by atoms with Gasteiger partial charge in [0.25, 0.3) is 5.91 Å². The Balaban J connectivity index is 1.50. The molecular formula is C27H18Cl2N2OS. The van der Waals surface area contributed by atoms with Crippen molar-refractivity contribution in [1.82, 2.24) is 5.32 Å². The Morgan fingerprint density at radius 1 is 0.818 bits per heavy atom. The van der Waals surface area contributed by atoms with Crippen molar-refractivity contribution < 1.29 is 4.79 Å². The first kappa shape index (κ1) is 21.8. The largest absolute Gasteiger partial charge is 0.348 e. The summed E-state index contributed by atoms with van der Waals surface area (Å²) in [6.07, 6.45) is 0. The Labute approximate surface area is 206 Å². The van der Waals surface area contributed by atoms with Crippen molar-refractivity contribution in [3.05, 3.63) is 123 Å². The zero-order chi connectivity index (χ0) is 22.8. The van der Waals surface area contributed by atoms with Crippen molar-refractivity contribution >= 4 is 52.3 Å². The number of amides is 1. The SMILES string of the molecule is O=C(NCc1cccc(Cl)c1)c1ccc2c(c1)N=C(c1cccc(Cl)c1)c1ccccc1S2. The van der Waals surface area contributed by atoms with E-state index in [2.05, 4.69) is 17.4 Å². The third kappa shape index (κ3) is 4.83. The number of nitrogens with zero attached hydrogens (tertiary/aromatic N) is 1. The van der Waals surface area contributed by atoms with Gasteiger partial charge in [0, 0.05) is 43.1 Å². The molecule has 0 saturated heterocycles. The Hall–Kier alpha value is -3.05. The van der Waals surface area contributed by atoms with Gasteiger partial charge in [-0.3, -0.25) is 4.79 Å². The van der Waals surface area contributed by atoms with Crippen LogP contribution >= 0.6 is 35.0 Å². The number of carbonyl (C=O) groups excluding carboxylic acids is 1. The van der Waals surface area contributed by atoms with Crippen LogP contribution in [0.2, 0.25) is 10.0 Å². The fourth-order valence-corrected chi connectivity index (χ4v) is 5.08. The molecule has 3 nitrogen and oxygen atoms in total. The molecule has 0 fully saturated rings. The lowest BCUT2D eigenvalue weighted by molar-refractivity contribution is 0.0951. The highest BCUT2D eigenvalue weighted by Gasteiger charge is 2.20. The molecule has 162 valence electrons. The van der Waals surface area contributed by atoms with Gasteiger partial charge in [-0.25, -0.2) is 4.99 Å². The topological polar surface area (TPSA) is 41.5 Å². The van der Waals surface area contributed by atoms with Gasteiger partial charge < -0.3 is 5.32 Å². The van der Waals surface area contributed by atoms with Crippen molar-refractivity contribution in [3.8, 4) is 0 Å². The second kappa shape index (κ2) is 9.44. The first-order valence-corrected chi connectivity index (χ1v) is 11.9. The lowest BCUT2D eigenvalue weighted by atomic mass is 10.0. The van der Waals surface area contributed by atoms with Crippen LogP contribution in [0.3, 0.4) is 0 Å². The summed E-state index contributed by atoms with van der Waals surface area (Å²) < 4.78 is 0. The number of nitrogens with one attached hydrogen (secondary N) is 1. The van der Waals surface area contributed by atoms with E-state index in [0.717, 1.165) is 37.9 Å². The third-order valence-electron chi connectivity index (χ3n) is 5.26. The normalized spacial score (nSPS) is 12.2. The molecule has 0 atom stereocenters. The van der Waals surface area contributed by atoms with Crippen LogP contribution in [0.25, 0.3) is 0 Å². The van der Waals surface area contributed by atoms with E-state index < -0.39 is 0 Å². The van der Waals surface area contributed by atoms with Gasteiger partial charge >= 0.3 is 0 Å². The van der Waals surface area contributed by atoms with E-state index in [1.165, 1.54) is 0 Å². The second-order valence-corrected chi connectivity index (χ2v) is 9.52. The van der Waals surface area contributed by atoms with Gasteiger partial charge in [0.05, 0.1) is 11.4 Å². The smallest absolute Gasteiger partial charge is 0.251 e. The van der Waals surface area contributed by atoms with E-state index in [4.69, 9.17) is 28.2 Å². The van der Waals surface area contributed by atoms with Crippen LogP contribution in [0.5, 0.6) is 0 Å². The van der Waals surface area contributed by atoms with Crippen LogP contribution in [0.15, 0.2) is 106 Å². The minimum absolute atomic E-state index is 0.163. The number of benzene rings is 4. The molecule has 0 aliphatic carbocycles. The highest BCUT2D eigenvalue weighted by atomic mass is 35.5. The van der Waals surface area contributed by atoms with Crippen molar-refractivity contribution in [2.45, 2.75) is 16.3 Å². The first-order valence-electron chi connectivity index (χ1n) is 10.4. The molecule has 6 heteroatoms. The summed E-state index contributed by atoms with van der Waals surface area (Å²) in [6, 6.07) is 28.9. The van der Waals surface area contributed by atoms with Gasteiger partial charge in [0.1, 0.15) is 0 Å². The van der Waals surface area contributed by atoms with E-state index in [1.54, 1.807) is 11.8 Å². The molecule has 4 aromatic rings. The summed E-state index contributed by atoms with van der Waals surface area (Å²) in [5.74, 6) is -0.163. The molecule has 0 saturated carbocycles. The minimum atomic E-state index is -0.163. The zero-order valence-corrected chi connectivity index (χ0v) is 19.7. The maximum atomic E-state index is 12.9. The standard InChI is InChI=1S/C27H18Cl2N2OS/c28-20-7-3-5-17(13-20)16-30-27(32)19-11-12-25-23(15-19)31-26(18-6-4-8-21(29)14-18)22-9-1-2-10-24(22)33-25/h1-15H,16H2,(H,30,32). The van der Waals surface area contributed by atoms with E-state index >= 15 is 0 Å². The minimum Gasteiger partial charge on any atom is -0.348 e. The molecule has 1 amide bonds. The summed E-state index contributed by atoms with van der Waals surface area (Å²) in [7, 11) is 0. The Kier molecular flexibility index (Phi) is 6.23. The molecule has 0 unspecified atom stereocenters. The number of rotatable bonds is 4. The number of hydrogen-bond donors (Lipinski definition) is 1. The van der Waals surface area contributed by atoms with Gasteiger partial charge in [-0.1, -0.05) is 77.4 Å². The van der Waals surface area contributed by atoms with Gasteiger partial charge in [0.15, 0.2) is 0 Å². The average molecular weight is 489 g/mol. The second-order valence-electron chi connectivity index (χ2n) is 7.56. The van der Waals surface area contributed by atoms with E-state index in [1.807, 2.05) is 78.9 Å². The summed E-state index contributed by atoms with van der Waals surface area (Å²) in [5.41, 5.74) is 5.04. The molecule has 33 heavy (non-hydrogen) atoms. The predicted molar refractivity (Wildman–Crippen MR) is 136 cm³/mol. The fraction of sp³-hybridized carbons (Fsp3) is 0.0370. The number of fused-ring (bicyclic) bond motifs is 2. The molecule has 0 radical (unpaired) electrons. The van der Waals surface area contributed by atoms with Crippen LogP contribution in [0, 0.1) is 0 Å². The third-order valence-corrected chi connectivity index (χ3v) is 6.87. The van der Waals surface area contributed by atoms with Crippen LogP contribution in [-0.4, -0.2) is 11.6 Å². The Bertz CT molecular complexity index is 1400. The molecule has 1 aliphatic rings. The Morgan fingerprint density at radius 3 is 2.42 bits per heavy atom. The summed E-state index contributed by atoms with van der Waals surface area (Å²) >= 11 is 14.0. The van der Waals surface area contributed by atoms with Gasteiger partial charge in [-0.15, -0.1) is 0 Å². The molecule has 4 aromatic carbocycles. The van der Waals surface area contributed by atoms with E-state index in [-0.39, 0.29) is 5.91 Å². The molecule has 0 spiro atoms.